The van der Waals surface area contributed by atoms with E-state index in [1.54, 1.807) is 0 Å². The van der Waals surface area contributed by atoms with E-state index in [4.69, 9.17) is 4.74 Å². The van der Waals surface area contributed by atoms with Gasteiger partial charge in [-0.1, -0.05) is 19.9 Å². The maximum Gasteiger partial charge on any atom is 0.298 e. The van der Waals surface area contributed by atoms with Gasteiger partial charge in [0.1, 0.15) is 17.3 Å². The Morgan fingerprint density at radius 3 is 2.61 bits per heavy atom. The summed E-state index contributed by atoms with van der Waals surface area (Å²) in [4.78, 5) is 43.2. The van der Waals surface area contributed by atoms with E-state index in [1.807, 2.05) is 13.8 Å². The van der Waals surface area contributed by atoms with Crippen LogP contribution >= 0.6 is 0 Å². The first kappa shape index (κ1) is 23.0. The number of amidine groups is 1. The molecule has 0 aliphatic carbocycles. The van der Waals surface area contributed by atoms with Gasteiger partial charge in [0, 0.05) is 12.8 Å². The Kier molecular flexibility index (Phi) is 6.28. The van der Waals surface area contributed by atoms with Crippen LogP contribution in [0, 0.1) is 5.82 Å². The van der Waals surface area contributed by atoms with Gasteiger partial charge in [-0.15, -0.1) is 0 Å². The van der Waals surface area contributed by atoms with Crippen molar-refractivity contribution in [1.82, 2.24) is 10.2 Å². The third kappa shape index (κ3) is 4.24. The number of halogens is 1. The molecular weight excluding hydrogens is 429 g/mol. The number of fused-ring (bicyclic) bond motifs is 1. The SMILES string of the molecule is CCC1(CC)OCCN2C(=O)C(=O)C(C(=O)NCc3ccc(F)cc3S(C)(=O)=O)N=C21. The monoisotopic (exact) mass is 453 g/mol. The average molecular weight is 453 g/mol. The Balaban J connectivity index is 1.88. The fourth-order valence-electron chi connectivity index (χ4n) is 3.81. The van der Waals surface area contributed by atoms with Crippen LogP contribution in [-0.4, -0.2) is 67.8 Å². The Labute approximate surface area is 179 Å². The van der Waals surface area contributed by atoms with Crippen LogP contribution in [0.2, 0.25) is 0 Å². The molecule has 168 valence electrons. The molecule has 2 aliphatic rings. The number of morpholine rings is 1. The number of sulfone groups is 1. The molecule has 31 heavy (non-hydrogen) atoms. The van der Waals surface area contributed by atoms with Crippen molar-refractivity contribution in [1.29, 1.82) is 0 Å². The number of carbonyl (C=O) groups excluding carboxylic acids is 3. The van der Waals surface area contributed by atoms with E-state index in [-0.39, 0.29) is 36.0 Å². The normalized spacial score (nSPS) is 20.8. The molecule has 1 fully saturated rings. The van der Waals surface area contributed by atoms with Gasteiger partial charge in [-0.2, -0.15) is 0 Å². The first-order valence-electron chi connectivity index (χ1n) is 9.88. The van der Waals surface area contributed by atoms with Gasteiger partial charge >= 0.3 is 0 Å². The number of benzene rings is 1. The first-order valence-corrected chi connectivity index (χ1v) is 11.8. The standard InChI is InChI=1S/C20H24FN3O6S/c1-4-20(5-2)19-23-15(16(25)18(27)24(19)8-9-30-20)17(26)22-11-12-6-7-13(21)10-14(12)31(3,28)29/h6-7,10,15H,4-5,8-9,11H2,1-3H3,(H,22,26). The number of aliphatic imine (C=N–C) groups is 1. The fraction of sp³-hybridized carbons (Fsp3) is 0.500. The molecule has 0 bridgehead atoms. The molecule has 3 rings (SSSR count). The van der Waals surface area contributed by atoms with Crippen LogP contribution in [0.5, 0.6) is 0 Å². The summed E-state index contributed by atoms with van der Waals surface area (Å²) in [5.74, 6) is -3.11. The predicted octanol–water partition coefficient (Wildman–Crippen LogP) is 0.613. The highest BCUT2D eigenvalue weighted by molar-refractivity contribution is 7.90. The Morgan fingerprint density at radius 1 is 1.32 bits per heavy atom. The van der Waals surface area contributed by atoms with E-state index >= 15 is 0 Å². The number of ether oxygens (including phenoxy) is 1. The topological polar surface area (TPSA) is 122 Å². The summed E-state index contributed by atoms with van der Waals surface area (Å²) in [7, 11) is -3.75. The molecule has 0 spiro atoms. The first-order chi connectivity index (χ1) is 14.5. The fourth-order valence-corrected chi connectivity index (χ4v) is 4.75. The second kappa shape index (κ2) is 8.46. The number of nitrogens with one attached hydrogen (secondary N) is 1. The largest absolute Gasteiger partial charge is 0.365 e. The molecule has 1 N–H and O–H groups in total. The number of hydrogen-bond acceptors (Lipinski definition) is 7. The van der Waals surface area contributed by atoms with E-state index in [2.05, 4.69) is 10.3 Å². The molecule has 2 heterocycles. The third-order valence-electron chi connectivity index (χ3n) is 5.58. The van der Waals surface area contributed by atoms with Crippen LogP contribution in [0.4, 0.5) is 4.39 Å². The van der Waals surface area contributed by atoms with Crippen molar-refractivity contribution in [3.05, 3.63) is 29.6 Å². The van der Waals surface area contributed by atoms with Crippen LogP contribution in [0.25, 0.3) is 0 Å². The number of hydrogen-bond donors (Lipinski definition) is 1. The van der Waals surface area contributed by atoms with Crippen molar-refractivity contribution in [3.63, 3.8) is 0 Å². The smallest absolute Gasteiger partial charge is 0.298 e. The molecule has 1 saturated heterocycles. The lowest BCUT2D eigenvalue weighted by Crippen LogP contribution is -2.64. The third-order valence-corrected chi connectivity index (χ3v) is 6.76. The summed E-state index contributed by atoms with van der Waals surface area (Å²) in [6.45, 7) is 3.89. The summed E-state index contributed by atoms with van der Waals surface area (Å²) in [6, 6.07) is 1.57. The molecule has 1 unspecified atom stereocenters. The molecule has 2 amide bonds. The summed E-state index contributed by atoms with van der Waals surface area (Å²) < 4.78 is 43.2. The van der Waals surface area contributed by atoms with Crippen molar-refractivity contribution in [2.24, 2.45) is 4.99 Å². The lowest BCUT2D eigenvalue weighted by atomic mass is 9.90. The van der Waals surface area contributed by atoms with Gasteiger partial charge in [-0.05, 0) is 30.5 Å². The number of rotatable bonds is 6. The van der Waals surface area contributed by atoms with E-state index in [1.165, 1.54) is 11.0 Å². The number of Topliss-reactive ketones (excluding diaryl/α,β-unsaturated/α-hetero) is 1. The highest BCUT2D eigenvalue weighted by Crippen LogP contribution is 2.31. The van der Waals surface area contributed by atoms with Crippen molar-refractivity contribution in [2.75, 3.05) is 19.4 Å². The Morgan fingerprint density at radius 2 is 2.00 bits per heavy atom. The second-order valence-electron chi connectivity index (χ2n) is 7.47. The van der Waals surface area contributed by atoms with Gasteiger partial charge in [0.25, 0.3) is 17.6 Å². The highest BCUT2D eigenvalue weighted by atomic mass is 32.2. The molecule has 0 saturated carbocycles. The van der Waals surface area contributed by atoms with Gasteiger partial charge in [0.15, 0.2) is 15.9 Å². The molecule has 11 heteroatoms. The van der Waals surface area contributed by atoms with E-state index in [0.717, 1.165) is 18.4 Å². The molecule has 0 radical (unpaired) electrons. The van der Waals surface area contributed by atoms with Crippen molar-refractivity contribution >= 4 is 33.3 Å². The molecule has 9 nitrogen and oxygen atoms in total. The van der Waals surface area contributed by atoms with Gasteiger partial charge in [-0.3, -0.25) is 19.3 Å². The minimum Gasteiger partial charge on any atom is -0.365 e. The summed E-state index contributed by atoms with van der Waals surface area (Å²) >= 11 is 0. The number of carbonyl (C=O) groups is 3. The molecule has 2 aliphatic heterocycles. The van der Waals surface area contributed by atoms with Gasteiger partial charge in [-0.25, -0.2) is 17.8 Å². The summed E-state index contributed by atoms with van der Waals surface area (Å²) in [6.07, 6.45) is 1.93. The van der Waals surface area contributed by atoms with Crippen LogP contribution in [-0.2, 0) is 35.5 Å². The minimum atomic E-state index is -3.75. The zero-order chi connectivity index (χ0) is 23.0. The Hall–Kier alpha value is -2.66. The van der Waals surface area contributed by atoms with Crippen molar-refractivity contribution in [3.8, 4) is 0 Å². The second-order valence-corrected chi connectivity index (χ2v) is 9.45. The number of amides is 2. The Bertz CT molecular complexity index is 1060. The lowest BCUT2D eigenvalue weighted by Gasteiger charge is -2.44. The molecular formula is C20H24FN3O6S. The van der Waals surface area contributed by atoms with Crippen LogP contribution in [0.1, 0.15) is 32.3 Å². The van der Waals surface area contributed by atoms with Gasteiger partial charge in [0.05, 0.1) is 18.0 Å². The number of ketones is 1. The van der Waals surface area contributed by atoms with E-state index < -0.39 is 44.9 Å². The summed E-state index contributed by atoms with van der Waals surface area (Å²) in [5, 5.41) is 2.45. The van der Waals surface area contributed by atoms with Crippen molar-refractivity contribution in [2.45, 2.75) is 49.8 Å². The zero-order valence-electron chi connectivity index (χ0n) is 17.5. The minimum absolute atomic E-state index is 0.151. The lowest BCUT2D eigenvalue weighted by molar-refractivity contribution is -0.149. The predicted molar refractivity (Wildman–Crippen MR) is 109 cm³/mol. The molecule has 0 aromatic heterocycles. The van der Waals surface area contributed by atoms with Crippen molar-refractivity contribution < 1.29 is 31.9 Å². The van der Waals surface area contributed by atoms with Crippen LogP contribution in [0.15, 0.2) is 28.1 Å². The number of nitrogens with zero attached hydrogens (tertiary/aromatic N) is 2. The average Bonchev–Trinajstić information content (AvgIpc) is 2.74. The van der Waals surface area contributed by atoms with Gasteiger partial charge < -0.3 is 10.1 Å². The van der Waals surface area contributed by atoms with Crippen LogP contribution in [0.3, 0.4) is 0 Å². The molecule has 1 aromatic carbocycles. The maximum absolute atomic E-state index is 13.5. The molecule has 1 aromatic rings. The van der Waals surface area contributed by atoms with E-state index in [9.17, 15) is 27.2 Å². The molecule has 1 atom stereocenters. The van der Waals surface area contributed by atoms with E-state index in [0.29, 0.717) is 12.8 Å². The van der Waals surface area contributed by atoms with Crippen LogP contribution < -0.4 is 5.32 Å². The summed E-state index contributed by atoms with van der Waals surface area (Å²) in [5.41, 5.74) is -0.716. The maximum atomic E-state index is 13.5. The zero-order valence-corrected chi connectivity index (χ0v) is 18.3. The highest BCUT2D eigenvalue weighted by Gasteiger charge is 2.49. The quantitative estimate of drug-likeness (QED) is 0.498. The van der Waals surface area contributed by atoms with Gasteiger partial charge in [0.2, 0.25) is 0 Å².